The molecule has 1 heterocycles. The van der Waals surface area contributed by atoms with Crippen LogP contribution in [-0.4, -0.2) is 238 Å². The van der Waals surface area contributed by atoms with Crippen LogP contribution in [0.4, 0.5) is 0 Å². The monoisotopic (exact) mass is 1670 g/mol. The van der Waals surface area contributed by atoms with Gasteiger partial charge in [0.05, 0.1) is 44.0 Å². The van der Waals surface area contributed by atoms with Crippen molar-refractivity contribution >= 4 is 106 Å². The predicted molar refractivity (Wildman–Crippen MR) is 431 cm³/mol. The van der Waals surface area contributed by atoms with E-state index in [1.165, 1.54) is 81.8 Å². The molecule has 17 amide bonds. The molecule has 0 spiro atoms. The Morgan fingerprint density at radius 1 is 0.412 bits per heavy atom. The van der Waals surface area contributed by atoms with Crippen molar-refractivity contribution in [3.63, 3.8) is 0 Å². The average molecular weight is 1670 g/mol. The van der Waals surface area contributed by atoms with E-state index < -0.39 is 205 Å². The van der Waals surface area contributed by atoms with Gasteiger partial charge in [0.25, 0.3) is 0 Å². The maximum Gasteiger partial charge on any atom is 0.243 e. The fourth-order valence-electron chi connectivity index (χ4n) is 11.6. The Morgan fingerprint density at radius 3 is 1.25 bits per heavy atom. The molecule has 3 aromatic rings. The van der Waals surface area contributed by atoms with Gasteiger partial charge in [-0.3, -0.25) is 86.9 Å². The third-order valence-electron chi connectivity index (χ3n) is 18.2. The number of rotatable bonds is 56. The summed E-state index contributed by atoms with van der Waals surface area (Å²) in [6.45, 7) is 8.27. The first-order valence-corrected chi connectivity index (χ1v) is 39.0. The van der Waals surface area contributed by atoms with E-state index >= 15 is 0 Å². The van der Waals surface area contributed by atoms with Crippen molar-refractivity contribution in [2.24, 2.45) is 46.1 Å². The van der Waals surface area contributed by atoms with E-state index in [2.05, 4.69) is 89.7 Å². The van der Waals surface area contributed by atoms with Gasteiger partial charge in [-0.25, -0.2) is 4.98 Å². The van der Waals surface area contributed by atoms with Crippen LogP contribution in [0.2, 0.25) is 0 Å². The fraction of sp³-hybridized carbons (Fsp3) is 0.560. The number of phenolic OH excluding ortho intramolecular Hbond substituents is 2. The second-order valence-electron chi connectivity index (χ2n) is 29.0. The Kier molecular flexibility index (Phi) is 44.7. The number of imidazole rings is 1. The molecule has 0 saturated carbocycles. The van der Waals surface area contributed by atoms with E-state index in [0.717, 1.165) is 0 Å². The number of aromatic amines is 1. The number of carbonyl (C=O) groups excluding carboxylic acids is 17. The number of carbonyl (C=O) groups is 17. The number of primary amides is 3. The van der Waals surface area contributed by atoms with Gasteiger partial charge < -0.3 is 135 Å². The summed E-state index contributed by atoms with van der Waals surface area (Å²) in [7, 11) is 0. The molecule has 33 N–H and O–H groups in total. The minimum absolute atomic E-state index is 0.0399. The zero-order valence-corrected chi connectivity index (χ0v) is 67.7. The number of guanidine groups is 1. The number of nitrogens with zero attached hydrogens (tertiary/aromatic N) is 1. The molecule has 0 unspecified atom stereocenters. The van der Waals surface area contributed by atoms with E-state index in [4.69, 9.17) is 45.5 Å². The van der Waals surface area contributed by atoms with Crippen LogP contribution in [0.1, 0.15) is 148 Å². The van der Waals surface area contributed by atoms with Gasteiger partial charge in [0.15, 0.2) is 5.96 Å². The smallest absolute Gasteiger partial charge is 0.243 e. The Bertz CT molecular complexity index is 3910. The van der Waals surface area contributed by atoms with E-state index in [1.807, 2.05) is 0 Å². The topological polar surface area (TPSA) is 746 Å². The van der Waals surface area contributed by atoms with Crippen LogP contribution in [0.25, 0.3) is 0 Å². The summed E-state index contributed by atoms with van der Waals surface area (Å²) in [5.41, 5.74) is 40.0. The van der Waals surface area contributed by atoms with Crippen molar-refractivity contribution in [2.45, 2.75) is 229 Å². The number of nitrogens with two attached hydrogens (primary N) is 7. The van der Waals surface area contributed by atoms with Crippen molar-refractivity contribution < 1.29 is 91.7 Å². The van der Waals surface area contributed by atoms with E-state index in [1.54, 1.807) is 20.8 Å². The summed E-state index contributed by atoms with van der Waals surface area (Å²) >= 11 is 0. The molecule has 658 valence electrons. The van der Waals surface area contributed by atoms with E-state index in [0.29, 0.717) is 49.8 Å². The first kappa shape index (κ1) is 101. The van der Waals surface area contributed by atoms with Crippen LogP contribution >= 0.6 is 0 Å². The first-order valence-electron chi connectivity index (χ1n) is 39.0. The zero-order chi connectivity index (χ0) is 89.0. The Balaban J connectivity index is 1.85. The highest BCUT2D eigenvalue weighted by atomic mass is 16.3. The van der Waals surface area contributed by atoms with Crippen LogP contribution in [0.3, 0.4) is 0 Å². The lowest BCUT2D eigenvalue weighted by atomic mass is 10.0. The molecule has 44 nitrogen and oxygen atoms in total. The largest absolute Gasteiger partial charge is 0.508 e. The van der Waals surface area contributed by atoms with Crippen LogP contribution in [-0.2, 0) is 101 Å². The number of hydrogen-bond donors (Lipinski definition) is 26. The third kappa shape index (κ3) is 39.3. The molecule has 0 aliphatic heterocycles. The molecular formula is C75H119N25O19. The van der Waals surface area contributed by atoms with Crippen LogP contribution < -0.4 is 120 Å². The van der Waals surface area contributed by atoms with E-state index in [9.17, 15) is 91.7 Å². The number of benzene rings is 2. The molecule has 0 aliphatic carbocycles. The highest BCUT2D eigenvalue weighted by Gasteiger charge is 2.37. The Labute approximate surface area is 688 Å². The lowest BCUT2D eigenvalue weighted by molar-refractivity contribution is -0.136. The molecule has 119 heavy (non-hydrogen) atoms. The van der Waals surface area contributed by atoms with Gasteiger partial charge in [-0.1, -0.05) is 57.9 Å². The average Bonchev–Trinajstić information content (AvgIpc) is 1.82. The van der Waals surface area contributed by atoms with E-state index in [-0.39, 0.29) is 106 Å². The number of aromatic nitrogens is 2. The SMILES string of the molecule is CCCC[C@H](NC(=O)[C@H](CC(N)=O)NC(=O)[C@H](Cc1ccc(O)cc1)NC(=O)[C@H](C)NC(=O)[C@H](CC(C)C)NC(=O)[C@H](CCCCN)NC(=O)[C@H](CC(N)=O)NC(=O)[C@@H](N)CCCNC(=N)N)C(=O)NCC(=O)N[C@@H](Cc1c[nH]cn1)C(=O)N[C@@H](Cc1ccc(O)cc1)C(=O)N[C@@H](C)C(=O)NCC(=O)N[C@@H](CCCCN)C(=O)N[C@@H](C)C(N)=O. The highest BCUT2D eigenvalue weighted by Crippen LogP contribution is 2.16. The second kappa shape index (κ2) is 52.9. The standard InChI is InChI=1S/C75H119N25O19/c1-7-8-15-49(66(111)87-37-61(106)93-55(32-45-35-84-38-88-45)72(117)99-53(30-43-18-22-46(101)23-19-43)70(115)90-41(5)63(108)86-36-60(105)92-50(16-9-11-26-76)67(112)89-40(4)62(81)107)94-74(119)57(34-59(80)104)100-71(116)54(31-44-20-24-47(102)25-21-44)96-64(109)42(6)91-69(114)52(29-39(2)3)98-68(113)51(17-10-12-27-77)95-73(118)56(33-58(79)103)97-65(110)48(78)14-13-28-85-75(82)83/h18-25,35,38-42,48-57,101-102H,7-17,26-34,36-37,76-78H2,1-6H3,(H2,79,103)(H2,80,104)(H2,81,107)(H,84,88)(H,86,108)(H,87,111)(H,89,112)(H,90,115)(H,91,114)(H,92,105)(H,93,106)(H,94,119)(H,95,118)(H,96,109)(H,97,110)(H,98,113)(H,99,117)(H,100,116)(H4,82,83,85)/t40-,41-,42-,48-,49-,50-,51-,52-,53-,54-,55-,56-,57-/m0/s1. The highest BCUT2D eigenvalue weighted by molar-refractivity contribution is 6.01. The van der Waals surface area contributed by atoms with Gasteiger partial charge in [-0.2, -0.15) is 0 Å². The Morgan fingerprint density at radius 2 is 0.790 bits per heavy atom. The number of unbranched alkanes of at least 4 members (excludes halogenated alkanes) is 3. The molecule has 0 radical (unpaired) electrons. The molecule has 13 atom stereocenters. The molecular weight excluding hydrogens is 1550 g/mol. The van der Waals surface area contributed by atoms with Crippen molar-refractivity contribution in [3.8, 4) is 11.5 Å². The summed E-state index contributed by atoms with van der Waals surface area (Å²) in [6, 6.07) is -7.80. The molecule has 2 aromatic carbocycles. The number of H-pyrrole nitrogens is 1. The minimum atomic E-state index is -1.86. The molecule has 3 rings (SSSR count). The lowest BCUT2D eigenvalue weighted by Crippen LogP contribution is -2.60. The van der Waals surface area contributed by atoms with Gasteiger partial charge in [0.1, 0.15) is 84.0 Å². The number of aromatic hydroxyl groups is 2. The second-order valence-corrected chi connectivity index (χ2v) is 29.0. The minimum Gasteiger partial charge on any atom is -0.508 e. The van der Waals surface area contributed by atoms with Gasteiger partial charge in [0, 0.05) is 32.0 Å². The maximum absolute atomic E-state index is 14.5. The molecule has 0 saturated heterocycles. The molecule has 1 aromatic heterocycles. The number of amides is 17. The summed E-state index contributed by atoms with van der Waals surface area (Å²) in [6.07, 6.45) is 2.79. The van der Waals surface area contributed by atoms with Gasteiger partial charge in [-0.05, 0) is 139 Å². The lowest BCUT2D eigenvalue weighted by Gasteiger charge is -2.27. The number of nitrogens with one attached hydrogen (secondary N) is 17. The predicted octanol–water partition coefficient (Wildman–Crippen LogP) is -7.72. The maximum atomic E-state index is 14.5. The van der Waals surface area contributed by atoms with Crippen LogP contribution in [0.15, 0.2) is 61.1 Å². The third-order valence-corrected chi connectivity index (χ3v) is 18.2. The molecule has 0 aliphatic rings. The van der Waals surface area contributed by atoms with Crippen molar-refractivity contribution in [1.82, 2.24) is 89.7 Å². The van der Waals surface area contributed by atoms with Crippen molar-refractivity contribution in [2.75, 3.05) is 32.7 Å². The molecule has 0 bridgehead atoms. The quantitative estimate of drug-likeness (QED) is 0.0142. The zero-order valence-electron chi connectivity index (χ0n) is 67.7. The van der Waals surface area contributed by atoms with Crippen molar-refractivity contribution in [1.29, 1.82) is 5.41 Å². The number of hydrogen-bond acceptors (Lipinski definition) is 24. The van der Waals surface area contributed by atoms with Gasteiger partial charge in [-0.15, -0.1) is 0 Å². The first-order chi connectivity index (χ1) is 56.2. The van der Waals surface area contributed by atoms with Crippen molar-refractivity contribution in [3.05, 3.63) is 77.9 Å². The Hall–Kier alpha value is -12.6. The molecule has 44 heteroatoms. The molecule has 0 fully saturated rings. The normalized spacial score (nSPS) is 14.3. The summed E-state index contributed by atoms with van der Waals surface area (Å²) in [4.78, 5) is 238. The number of phenols is 2. The van der Waals surface area contributed by atoms with Crippen LogP contribution in [0.5, 0.6) is 11.5 Å². The summed E-state index contributed by atoms with van der Waals surface area (Å²) in [5.74, 6) is -17.0. The fourth-order valence-corrected chi connectivity index (χ4v) is 11.6. The van der Waals surface area contributed by atoms with Gasteiger partial charge in [0.2, 0.25) is 100 Å². The van der Waals surface area contributed by atoms with Gasteiger partial charge >= 0.3 is 0 Å². The summed E-state index contributed by atoms with van der Waals surface area (Å²) in [5, 5.41) is 64.8. The van der Waals surface area contributed by atoms with Crippen LogP contribution in [0, 0.1) is 11.3 Å². The summed E-state index contributed by atoms with van der Waals surface area (Å²) < 4.78 is 0.